The van der Waals surface area contributed by atoms with Crippen LogP contribution in [0.15, 0.2) is 41.7 Å². The number of halogens is 1. The molecule has 22 heavy (non-hydrogen) atoms. The van der Waals surface area contributed by atoms with Gasteiger partial charge in [-0.05, 0) is 37.1 Å². The number of nitrogens with one attached hydrogen (secondary N) is 2. The summed E-state index contributed by atoms with van der Waals surface area (Å²) >= 11 is 6.03. The first-order chi connectivity index (χ1) is 10.6. The first kappa shape index (κ1) is 16.4. The fourth-order valence-electron chi connectivity index (χ4n) is 2.14. The van der Waals surface area contributed by atoms with Crippen LogP contribution in [0.2, 0.25) is 5.02 Å². The fraction of sp³-hybridized carbons (Fsp3) is 0.375. The van der Waals surface area contributed by atoms with E-state index in [2.05, 4.69) is 27.6 Å². The van der Waals surface area contributed by atoms with Crippen molar-refractivity contribution < 1.29 is 0 Å². The van der Waals surface area contributed by atoms with Crippen LogP contribution in [-0.4, -0.2) is 29.3 Å². The summed E-state index contributed by atoms with van der Waals surface area (Å²) in [6.45, 7) is 5.66. The van der Waals surface area contributed by atoms with Crippen molar-refractivity contribution >= 4 is 17.6 Å². The zero-order valence-electron chi connectivity index (χ0n) is 13.2. The van der Waals surface area contributed by atoms with Gasteiger partial charge in [-0.25, -0.2) is 0 Å². The van der Waals surface area contributed by atoms with Gasteiger partial charge in [0.2, 0.25) is 0 Å². The number of hydrogen-bond acceptors (Lipinski definition) is 2. The highest BCUT2D eigenvalue weighted by Crippen LogP contribution is 2.17. The van der Waals surface area contributed by atoms with E-state index in [1.807, 2.05) is 48.3 Å². The van der Waals surface area contributed by atoms with Crippen molar-refractivity contribution in [2.75, 3.05) is 13.6 Å². The molecule has 0 saturated heterocycles. The summed E-state index contributed by atoms with van der Waals surface area (Å²) in [5, 5.41) is 11.6. The zero-order valence-corrected chi connectivity index (χ0v) is 13.9. The van der Waals surface area contributed by atoms with Crippen LogP contribution in [0, 0.1) is 6.92 Å². The molecule has 0 amide bonds. The molecule has 118 valence electrons. The minimum atomic E-state index is 0.122. The maximum Gasteiger partial charge on any atom is 0.191 e. The average molecular weight is 320 g/mol. The molecule has 0 saturated carbocycles. The van der Waals surface area contributed by atoms with E-state index in [1.165, 1.54) is 0 Å². The smallest absolute Gasteiger partial charge is 0.191 e. The molecule has 1 atom stereocenters. The minimum absolute atomic E-state index is 0.122. The van der Waals surface area contributed by atoms with Crippen LogP contribution in [0.3, 0.4) is 0 Å². The van der Waals surface area contributed by atoms with Crippen LogP contribution in [0.4, 0.5) is 0 Å². The van der Waals surface area contributed by atoms with Gasteiger partial charge in [0.1, 0.15) is 0 Å². The van der Waals surface area contributed by atoms with Gasteiger partial charge in [0.25, 0.3) is 0 Å². The lowest BCUT2D eigenvalue weighted by Crippen LogP contribution is -2.40. The lowest BCUT2D eigenvalue weighted by atomic mass is 10.1. The number of aromatic nitrogens is 2. The molecule has 1 aromatic heterocycles. The summed E-state index contributed by atoms with van der Waals surface area (Å²) in [4.78, 5) is 4.24. The Morgan fingerprint density at radius 2 is 2.27 bits per heavy atom. The van der Waals surface area contributed by atoms with E-state index in [-0.39, 0.29) is 6.04 Å². The molecule has 1 aromatic carbocycles. The first-order valence-corrected chi connectivity index (χ1v) is 7.68. The highest BCUT2D eigenvalue weighted by molar-refractivity contribution is 6.30. The van der Waals surface area contributed by atoms with Gasteiger partial charge in [-0.1, -0.05) is 23.7 Å². The summed E-state index contributed by atoms with van der Waals surface area (Å²) in [6.07, 6.45) is 3.88. The van der Waals surface area contributed by atoms with Crippen LogP contribution in [-0.2, 0) is 6.54 Å². The quantitative estimate of drug-likeness (QED) is 0.658. The molecule has 0 aliphatic carbocycles. The Labute approximate surface area is 136 Å². The van der Waals surface area contributed by atoms with Gasteiger partial charge in [-0.3, -0.25) is 9.67 Å². The molecule has 0 spiro atoms. The maximum atomic E-state index is 6.03. The summed E-state index contributed by atoms with van der Waals surface area (Å²) in [5.74, 6) is 0.761. The van der Waals surface area contributed by atoms with Crippen molar-refractivity contribution in [2.45, 2.75) is 26.4 Å². The molecule has 5 nitrogen and oxygen atoms in total. The highest BCUT2D eigenvalue weighted by Gasteiger charge is 2.08. The van der Waals surface area contributed by atoms with Crippen LogP contribution in [0.1, 0.15) is 24.1 Å². The van der Waals surface area contributed by atoms with E-state index in [1.54, 1.807) is 7.05 Å². The first-order valence-electron chi connectivity index (χ1n) is 7.30. The molecular weight excluding hydrogens is 298 g/mol. The number of hydrogen-bond donors (Lipinski definition) is 2. The Kier molecular flexibility index (Phi) is 5.83. The Morgan fingerprint density at radius 1 is 1.45 bits per heavy atom. The summed E-state index contributed by atoms with van der Waals surface area (Å²) < 4.78 is 1.91. The van der Waals surface area contributed by atoms with Crippen molar-refractivity contribution in [1.29, 1.82) is 0 Å². The van der Waals surface area contributed by atoms with Crippen LogP contribution in [0.5, 0.6) is 0 Å². The summed E-state index contributed by atoms with van der Waals surface area (Å²) in [5.41, 5.74) is 2.29. The zero-order chi connectivity index (χ0) is 15.9. The van der Waals surface area contributed by atoms with Crippen molar-refractivity contribution in [1.82, 2.24) is 20.4 Å². The lowest BCUT2D eigenvalue weighted by Gasteiger charge is -2.18. The molecule has 1 heterocycles. The molecule has 0 bridgehead atoms. The second-order valence-corrected chi connectivity index (χ2v) is 5.64. The highest BCUT2D eigenvalue weighted by atomic mass is 35.5. The van der Waals surface area contributed by atoms with Crippen LogP contribution in [0.25, 0.3) is 0 Å². The van der Waals surface area contributed by atoms with Gasteiger partial charge >= 0.3 is 0 Å². The standard InChI is InChI=1S/C16H22ClN5/c1-12-10-20-22(11-12)8-7-19-16(18-3)21-13(2)14-5-4-6-15(17)9-14/h4-6,9-11,13H,7-8H2,1-3H3,(H2,18,19,21). The number of guanidine groups is 1. The molecule has 0 radical (unpaired) electrons. The fourth-order valence-corrected chi connectivity index (χ4v) is 2.34. The third-order valence-electron chi connectivity index (χ3n) is 3.32. The molecule has 0 fully saturated rings. The number of nitrogens with zero attached hydrogens (tertiary/aromatic N) is 3. The molecule has 6 heteroatoms. The van der Waals surface area contributed by atoms with E-state index >= 15 is 0 Å². The van der Waals surface area contributed by atoms with Crippen LogP contribution >= 0.6 is 11.6 Å². The topological polar surface area (TPSA) is 54.2 Å². The van der Waals surface area contributed by atoms with Gasteiger partial charge in [0.05, 0.1) is 18.8 Å². The third kappa shape index (κ3) is 4.77. The number of rotatable bonds is 5. The van der Waals surface area contributed by atoms with Gasteiger partial charge in [-0.15, -0.1) is 0 Å². The number of aryl methyl sites for hydroxylation is 1. The second-order valence-electron chi connectivity index (χ2n) is 5.20. The minimum Gasteiger partial charge on any atom is -0.355 e. The van der Waals surface area contributed by atoms with E-state index in [4.69, 9.17) is 11.6 Å². The largest absolute Gasteiger partial charge is 0.355 e. The maximum absolute atomic E-state index is 6.03. The second kappa shape index (κ2) is 7.84. The van der Waals surface area contributed by atoms with E-state index in [0.29, 0.717) is 0 Å². The molecule has 1 unspecified atom stereocenters. The Morgan fingerprint density at radius 3 is 2.91 bits per heavy atom. The van der Waals surface area contributed by atoms with E-state index in [9.17, 15) is 0 Å². The summed E-state index contributed by atoms with van der Waals surface area (Å²) in [7, 11) is 1.76. The van der Waals surface area contributed by atoms with E-state index in [0.717, 1.165) is 35.2 Å². The molecule has 2 rings (SSSR count). The summed E-state index contributed by atoms with van der Waals surface area (Å²) in [6, 6.07) is 7.95. The van der Waals surface area contributed by atoms with Gasteiger partial charge in [0.15, 0.2) is 5.96 Å². The predicted octanol–water partition coefficient (Wildman–Crippen LogP) is 2.77. The SMILES string of the molecule is CN=C(NCCn1cc(C)cn1)NC(C)c1cccc(Cl)c1. The van der Waals surface area contributed by atoms with Gasteiger partial charge in [0, 0.05) is 24.8 Å². The van der Waals surface area contributed by atoms with Crippen molar-refractivity contribution in [2.24, 2.45) is 4.99 Å². The lowest BCUT2D eigenvalue weighted by molar-refractivity contribution is 0.591. The molecule has 0 aliphatic heterocycles. The molecular formula is C16H22ClN5. The van der Waals surface area contributed by atoms with Crippen molar-refractivity contribution in [3.05, 3.63) is 52.8 Å². The average Bonchev–Trinajstić information content (AvgIpc) is 2.91. The predicted molar refractivity (Wildman–Crippen MR) is 91.3 cm³/mol. The molecule has 0 aliphatic rings. The monoisotopic (exact) mass is 319 g/mol. The third-order valence-corrected chi connectivity index (χ3v) is 3.56. The normalized spacial score (nSPS) is 13.0. The molecule has 2 N–H and O–H groups in total. The van der Waals surface area contributed by atoms with Crippen molar-refractivity contribution in [3.63, 3.8) is 0 Å². The molecule has 2 aromatic rings. The van der Waals surface area contributed by atoms with Crippen LogP contribution < -0.4 is 10.6 Å². The van der Waals surface area contributed by atoms with Gasteiger partial charge in [-0.2, -0.15) is 5.10 Å². The Balaban J connectivity index is 1.84. The van der Waals surface area contributed by atoms with Crippen molar-refractivity contribution in [3.8, 4) is 0 Å². The Hall–Kier alpha value is -2.01. The van der Waals surface area contributed by atoms with Gasteiger partial charge < -0.3 is 10.6 Å². The number of aliphatic imine (C=N–C) groups is 1. The van der Waals surface area contributed by atoms with E-state index < -0.39 is 0 Å². The Bertz CT molecular complexity index is 635. The number of benzene rings is 1.